The molecule has 7 nitrogen and oxygen atoms in total. The summed E-state index contributed by atoms with van der Waals surface area (Å²) < 4.78 is 5.16. The zero-order valence-electron chi connectivity index (χ0n) is 14.8. The molecule has 1 aliphatic rings. The van der Waals surface area contributed by atoms with E-state index in [0.717, 1.165) is 24.2 Å². The zero-order chi connectivity index (χ0) is 18.7. The molecular weight excluding hydrogens is 334 g/mol. The van der Waals surface area contributed by atoms with Crippen LogP contribution in [0, 0.1) is 10.1 Å². The third kappa shape index (κ3) is 3.77. The van der Waals surface area contributed by atoms with Gasteiger partial charge in [-0.25, -0.2) is 0 Å². The van der Waals surface area contributed by atoms with Gasteiger partial charge in [0.25, 0.3) is 11.6 Å². The molecule has 0 heterocycles. The SMILES string of the molecule is CNc1ccc(C(=O)N(Cc2ccc(OC)cc2)C2CC2)cc1[N+](=O)[O-]. The fraction of sp³-hybridized carbons (Fsp3) is 0.316. The zero-order valence-corrected chi connectivity index (χ0v) is 14.8. The molecule has 7 heteroatoms. The quantitative estimate of drug-likeness (QED) is 0.607. The number of nitrogens with one attached hydrogen (secondary N) is 1. The van der Waals surface area contributed by atoms with Crippen LogP contribution in [0.1, 0.15) is 28.8 Å². The smallest absolute Gasteiger partial charge is 0.293 e. The monoisotopic (exact) mass is 355 g/mol. The van der Waals surface area contributed by atoms with Gasteiger partial charge < -0.3 is 15.0 Å². The first kappa shape index (κ1) is 17.7. The molecule has 26 heavy (non-hydrogen) atoms. The molecule has 0 aliphatic heterocycles. The van der Waals surface area contributed by atoms with Crippen LogP contribution in [0.25, 0.3) is 0 Å². The summed E-state index contributed by atoms with van der Waals surface area (Å²) in [7, 11) is 3.22. The highest BCUT2D eigenvalue weighted by molar-refractivity contribution is 5.96. The Labute approximate surface area is 151 Å². The van der Waals surface area contributed by atoms with Crippen LogP contribution in [0.5, 0.6) is 5.75 Å². The van der Waals surface area contributed by atoms with Crippen molar-refractivity contribution in [1.29, 1.82) is 0 Å². The van der Waals surface area contributed by atoms with Crippen LogP contribution in [0.3, 0.4) is 0 Å². The molecule has 1 aliphatic carbocycles. The van der Waals surface area contributed by atoms with Crippen molar-refractivity contribution in [1.82, 2.24) is 4.90 Å². The Balaban J connectivity index is 1.85. The minimum atomic E-state index is -0.479. The molecule has 136 valence electrons. The summed E-state index contributed by atoms with van der Waals surface area (Å²) in [6, 6.07) is 12.3. The van der Waals surface area contributed by atoms with Gasteiger partial charge in [-0.15, -0.1) is 0 Å². The van der Waals surface area contributed by atoms with Crippen LogP contribution in [-0.4, -0.2) is 35.9 Å². The second kappa shape index (κ2) is 7.43. The number of ether oxygens (including phenoxy) is 1. The average molecular weight is 355 g/mol. The maximum absolute atomic E-state index is 13.0. The summed E-state index contributed by atoms with van der Waals surface area (Å²) in [6.45, 7) is 0.467. The number of nitro benzene ring substituents is 1. The van der Waals surface area contributed by atoms with Crippen LogP contribution in [0.15, 0.2) is 42.5 Å². The molecule has 0 aromatic heterocycles. The lowest BCUT2D eigenvalue weighted by Gasteiger charge is -2.23. The van der Waals surface area contributed by atoms with E-state index in [2.05, 4.69) is 5.32 Å². The normalized spacial score (nSPS) is 13.2. The molecule has 0 bridgehead atoms. The van der Waals surface area contributed by atoms with E-state index in [1.807, 2.05) is 24.3 Å². The van der Waals surface area contributed by atoms with Crippen LogP contribution >= 0.6 is 0 Å². The molecule has 0 spiro atoms. The van der Waals surface area contributed by atoms with Crippen molar-refractivity contribution in [3.63, 3.8) is 0 Å². The molecule has 0 atom stereocenters. The summed E-state index contributed by atoms with van der Waals surface area (Å²) in [6.07, 6.45) is 1.91. The van der Waals surface area contributed by atoms with Gasteiger partial charge in [-0.2, -0.15) is 0 Å². The van der Waals surface area contributed by atoms with Crippen LogP contribution in [-0.2, 0) is 6.54 Å². The Kier molecular flexibility index (Phi) is 5.06. The Hall–Kier alpha value is -3.09. The maximum Gasteiger partial charge on any atom is 0.293 e. The predicted octanol–water partition coefficient (Wildman–Crippen LogP) is 3.45. The van der Waals surface area contributed by atoms with Crippen molar-refractivity contribution in [2.75, 3.05) is 19.5 Å². The van der Waals surface area contributed by atoms with Crippen LogP contribution in [0.4, 0.5) is 11.4 Å². The fourth-order valence-electron chi connectivity index (χ4n) is 2.87. The second-order valence-corrected chi connectivity index (χ2v) is 6.25. The molecule has 1 saturated carbocycles. The first-order valence-electron chi connectivity index (χ1n) is 8.43. The Morgan fingerprint density at radius 2 is 1.96 bits per heavy atom. The summed E-state index contributed by atoms with van der Waals surface area (Å²) in [4.78, 5) is 25.6. The number of anilines is 1. The van der Waals surface area contributed by atoms with E-state index in [4.69, 9.17) is 4.74 Å². The summed E-state index contributed by atoms with van der Waals surface area (Å²) in [5.41, 5.74) is 1.61. The van der Waals surface area contributed by atoms with Crippen LogP contribution in [0.2, 0.25) is 0 Å². The number of methoxy groups -OCH3 is 1. The first-order chi connectivity index (χ1) is 12.5. The van der Waals surface area contributed by atoms with Gasteiger partial charge in [-0.05, 0) is 42.7 Å². The van der Waals surface area contributed by atoms with Gasteiger partial charge >= 0.3 is 0 Å². The van der Waals surface area contributed by atoms with Crippen LogP contribution < -0.4 is 10.1 Å². The van der Waals surface area contributed by atoms with Crippen molar-refractivity contribution < 1.29 is 14.5 Å². The number of carbonyl (C=O) groups is 1. The van der Waals surface area contributed by atoms with Gasteiger partial charge in [0.15, 0.2) is 0 Å². The lowest BCUT2D eigenvalue weighted by Crippen LogP contribution is -2.32. The Morgan fingerprint density at radius 3 is 2.50 bits per heavy atom. The maximum atomic E-state index is 13.0. The number of benzene rings is 2. The molecule has 0 unspecified atom stereocenters. The molecule has 3 rings (SSSR count). The van der Waals surface area contributed by atoms with Gasteiger partial charge in [0.1, 0.15) is 11.4 Å². The van der Waals surface area contributed by atoms with E-state index in [-0.39, 0.29) is 17.6 Å². The number of hydrogen-bond donors (Lipinski definition) is 1. The van der Waals surface area contributed by atoms with Crippen molar-refractivity contribution in [3.8, 4) is 5.75 Å². The number of amides is 1. The molecule has 2 aromatic rings. The largest absolute Gasteiger partial charge is 0.497 e. The Bertz CT molecular complexity index is 816. The number of rotatable bonds is 7. The molecule has 1 fully saturated rings. The third-order valence-electron chi connectivity index (χ3n) is 4.47. The fourth-order valence-corrected chi connectivity index (χ4v) is 2.87. The predicted molar refractivity (Wildman–Crippen MR) is 98.5 cm³/mol. The summed E-state index contributed by atoms with van der Waals surface area (Å²) >= 11 is 0. The minimum absolute atomic E-state index is 0.0986. The van der Waals surface area contributed by atoms with E-state index < -0.39 is 4.92 Å². The molecule has 0 radical (unpaired) electrons. The van der Waals surface area contributed by atoms with E-state index in [9.17, 15) is 14.9 Å². The average Bonchev–Trinajstić information content (AvgIpc) is 3.50. The van der Waals surface area contributed by atoms with Gasteiger partial charge in [-0.3, -0.25) is 14.9 Å². The van der Waals surface area contributed by atoms with Crippen molar-refractivity contribution in [2.45, 2.75) is 25.4 Å². The lowest BCUT2D eigenvalue weighted by molar-refractivity contribution is -0.384. The van der Waals surface area contributed by atoms with E-state index in [1.54, 1.807) is 31.2 Å². The first-order valence-corrected chi connectivity index (χ1v) is 8.43. The van der Waals surface area contributed by atoms with E-state index >= 15 is 0 Å². The number of nitro groups is 1. The highest BCUT2D eigenvalue weighted by atomic mass is 16.6. The molecular formula is C19H21N3O4. The summed E-state index contributed by atoms with van der Waals surface area (Å²) in [5, 5.41) is 14.0. The van der Waals surface area contributed by atoms with Gasteiger partial charge in [0.05, 0.1) is 12.0 Å². The van der Waals surface area contributed by atoms with Gasteiger partial charge in [-0.1, -0.05) is 12.1 Å². The highest BCUT2D eigenvalue weighted by Crippen LogP contribution is 2.32. The lowest BCUT2D eigenvalue weighted by atomic mass is 10.1. The second-order valence-electron chi connectivity index (χ2n) is 6.25. The topological polar surface area (TPSA) is 84.7 Å². The minimum Gasteiger partial charge on any atom is -0.497 e. The molecule has 0 saturated heterocycles. The Morgan fingerprint density at radius 1 is 1.27 bits per heavy atom. The van der Waals surface area contributed by atoms with Crippen molar-refractivity contribution in [3.05, 3.63) is 63.7 Å². The van der Waals surface area contributed by atoms with E-state index in [0.29, 0.717) is 17.8 Å². The third-order valence-corrected chi connectivity index (χ3v) is 4.47. The standard InChI is InChI=1S/C19H21N3O4/c1-20-17-10-5-14(11-18(17)22(24)25)19(23)21(15-6-7-15)12-13-3-8-16(26-2)9-4-13/h3-5,8-11,15,20H,6-7,12H2,1-2H3. The number of nitrogens with zero attached hydrogens (tertiary/aromatic N) is 2. The van der Waals surface area contributed by atoms with Gasteiger partial charge in [0.2, 0.25) is 0 Å². The molecule has 1 N–H and O–H groups in total. The number of hydrogen-bond acceptors (Lipinski definition) is 5. The van der Waals surface area contributed by atoms with E-state index in [1.165, 1.54) is 6.07 Å². The van der Waals surface area contributed by atoms with Gasteiger partial charge in [0, 0.05) is 31.3 Å². The molecule has 2 aromatic carbocycles. The van der Waals surface area contributed by atoms with Crippen molar-refractivity contribution in [2.24, 2.45) is 0 Å². The summed E-state index contributed by atoms with van der Waals surface area (Å²) in [5.74, 6) is 0.574. The molecule has 1 amide bonds. The number of carbonyl (C=O) groups excluding carboxylic acids is 1. The highest BCUT2D eigenvalue weighted by Gasteiger charge is 2.33. The van der Waals surface area contributed by atoms with Crippen molar-refractivity contribution >= 4 is 17.3 Å².